The number of carbonyl (C=O) groups is 2. The average molecular weight is 283 g/mol. The van der Waals surface area contributed by atoms with Crippen molar-refractivity contribution in [3.05, 3.63) is 15.8 Å². The van der Waals surface area contributed by atoms with Crippen LogP contribution in [0, 0.1) is 12.8 Å². The molecule has 1 aromatic heterocycles. The first-order valence-electron chi connectivity index (χ1n) is 6.19. The molecule has 0 bridgehead atoms. The standard InChI is InChI=1S/C13H21N3O2S/c1-8(2)6-15-12(17)7-16(4)13(18)11-5-10(14)9(3)19-11/h5,8H,6-7,14H2,1-4H3,(H,15,17). The van der Waals surface area contributed by atoms with Gasteiger partial charge in [0.15, 0.2) is 0 Å². The Bertz CT molecular complexity index is 449. The van der Waals surface area contributed by atoms with E-state index in [-0.39, 0.29) is 18.4 Å². The van der Waals surface area contributed by atoms with Gasteiger partial charge >= 0.3 is 0 Å². The van der Waals surface area contributed by atoms with Gasteiger partial charge < -0.3 is 16.0 Å². The summed E-state index contributed by atoms with van der Waals surface area (Å²) in [5.74, 6) is 0.0694. The van der Waals surface area contributed by atoms with E-state index in [0.717, 1.165) is 4.88 Å². The SMILES string of the molecule is Cc1sc(C(=O)N(C)CC(=O)NCC(C)C)cc1N. The van der Waals surface area contributed by atoms with Crippen LogP contribution in [0.15, 0.2) is 6.07 Å². The number of thiophene rings is 1. The molecule has 2 amide bonds. The van der Waals surface area contributed by atoms with Gasteiger partial charge in [0.2, 0.25) is 5.91 Å². The van der Waals surface area contributed by atoms with Crippen LogP contribution in [-0.4, -0.2) is 36.9 Å². The largest absolute Gasteiger partial charge is 0.398 e. The molecule has 3 N–H and O–H groups in total. The zero-order valence-corrected chi connectivity index (χ0v) is 12.6. The molecule has 5 nitrogen and oxygen atoms in total. The van der Waals surface area contributed by atoms with E-state index in [2.05, 4.69) is 5.32 Å². The number of amides is 2. The molecule has 0 radical (unpaired) electrons. The highest BCUT2D eigenvalue weighted by Crippen LogP contribution is 2.24. The van der Waals surface area contributed by atoms with Gasteiger partial charge in [-0.1, -0.05) is 13.8 Å². The lowest BCUT2D eigenvalue weighted by Crippen LogP contribution is -2.39. The van der Waals surface area contributed by atoms with Gasteiger partial charge in [0.05, 0.1) is 11.4 Å². The fraction of sp³-hybridized carbons (Fsp3) is 0.538. The smallest absolute Gasteiger partial charge is 0.264 e. The van der Waals surface area contributed by atoms with Crippen LogP contribution in [0.3, 0.4) is 0 Å². The number of aryl methyl sites for hydroxylation is 1. The quantitative estimate of drug-likeness (QED) is 0.859. The van der Waals surface area contributed by atoms with Gasteiger partial charge in [-0.05, 0) is 18.9 Å². The van der Waals surface area contributed by atoms with Gasteiger partial charge in [-0.15, -0.1) is 11.3 Å². The first-order chi connectivity index (χ1) is 8.81. The Morgan fingerprint density at radius 1 is 1.47 bits per heavy atom. The molecule has 0 atom stereocenters. The van der Waals surface area contributed by atoms with Crippen molar-refractivity contribution in [2.75, 3.05) is 25.9 Å². The highest BCUT2D eigenvalue weighted by atomic mass is 32.1. The Labute approximate surface area is 117 Å². The summed E-state index contributed by atoms with van der Waals surface area (Å²) >= 11 is 1.35. The van der Waals surface area contributed by atoms with Crippen LogP contribution >= 0.6 is 11.3 Å². The fourth-order valence-corrected chi connectivity index (χ4v) is 2.39. The topological polar surface area (TPSA) is 75.4 Å². The number of rotatable bonds is 5. The zero-order chi connectivity index (χ0) is 14.6. The van der Waals surface area contributed by atoms with Crippen molar-refractivity contribution < 1.29 is 9.59 Å². The Morgan fingerprint density at radius 3 is 2.58 bits per heavy atom. The van der Waals surface area contributed by atoms with Crippen LogP contribution < -0.4 is 11.1 Å². The Hall–Kier alpha value is -1.56. The molecule has 1 heterocycles. The third-order valence-corrected chi connectivity index (χ3v) is 3.66. The van der Waals surface area contributed by atoms with Gasteiger partial charge in [-0.3, -0.25) is 9.59 Å². The molecular weight excluding hydrogens is 262 g/mol. The zero-order valence-electron chi connectivity index (χ0n) is 11.8. The van der Waals surface area contributed by atoms with E-state index >= 15 is 0 Å². The Morgan fingerprint density at radius 2 is 2.11 bits per heavy atom. The summed E-state index contributed by atoms with van der Waals surface area (Å²) in [6.45, 7) is 6.58. The molecule has 0 saturated heterocycles. The summed E-state index contributed by atoms with van der Waals surface area (Å²) in [5.41, 5.74) is 6.34. The molecule has 1 aromatic rings. The van der Waals surface area contributed by atoms with Crippen LogP contribution in [-0.2, 0) is 4.79 Å². The van der Waals surface area contributed by atoms with E-state index in [1.165, 1.54) is 16.2 Å². The second-order valence-electron chi connectivity index (χ2n) is 4.98. The predicted octanol–water partition coefficient (Wildman–Crippen LogP) is 1.48. The molecule has 0 saturated carbocycles. The molecule has 0 spiro atoms. The minimum Gasteiger partial charge on any atom is -0.398 e. The number of anilines is 1. The maximum absolute atomic E-state index is 12.1. The number of nitrogens with two attached hydrogens (primary N) is 1. The fourth-order valence-electron chi connectivity index (χ4n) is 1.45. The number of likely N-dealkylation sites (N-methyl/N-ethyl adjacent to an activating group) is 1. The van der Waals surface area contributed by atoms with E-state index in [9.17, 15) is 9.59 Å². The Kier molecular flexibility index (Phi) is 5.35. The van der Waals surface area contributed by atoms with E-state index in [4.69, 9.17) is 5.73 Å². The van der Waals surface area contributed by atoms with Gasteiger partial charge in [0.1, 0.15) is 0 Å². The maximum atomic E-state index is 12.1. The Balaban J connectivity index is 2.55. The molecule has 6 heteroatoms. The maximum Gasteiger partial charge on any atom is 0.264 e. The number of nitrogens with one attached hydrogen (secondary N) is 1. The lowest BCUT2D eigenvalue weighted by molar-refractivity contribution is -0.121. The third-order valence-electron chi connectivity index (χ3n) is 2.60. The van der Waals surface area contributed by atoms with Gasteiger partial charge in [0.25, 0.3) is 5.91 Å². The van der Waals surface area contributed by atoms with Crippen molar-refractivity contribution in [2.45, 2.75) is 20.8 Å². The van der Waals surface area contributed by atoms with Crippen LogP contribution in [0.5, 0.6) is 0 Å². The normalized spacial score (nSPS) is 10.6. The van der Waals surface area contributed by atoms with Gasteiger partial charge in [-0.2, -0.15) is 0 Å². The summed E-state index contributed by atoms with van der Waals surface area (Å²) in [4.78, 5) is 26.6. The number of hydrogen-bond donors (Lipinski definition) is 2. The molecule has 1 rings (SSSR count). The molecule has 106 valence electrons. The molecule has 0 aliphatic heterocycles. The summed E-state index contributed by atoms with van der Waals surface area (Å²) < 4.78 is 0. The second kappa shape index (κ2) is 6.56. The molecule has 0 aliphatic carbocycles. The highest BCUT2D eigenvalue weighted by Gasteiger charge is 2.17. The molecule has 0 fully saturated rings. The van der Waals surface area contributed by atoms with Crippen LogP contribution in [0.25, 0.3) is 0 Å². The van der Waals surface area contributed by atoms with Crippen LogP contribution in [0.1, 0.15) is 28.4 Å². The van der Waals surface area contributed by atoms with Crippen LogP contribution in [0.2, 0.25) is 0 Å². The predicted molar refractivity (Wildman–Crippen MR) is 78.3 cm³/mol. The average Bonchev–Trinajstić information content (AvgIpc) is 2.66. The minimum atomic E-state index is -0.176. The number of hydrogen-bond acceptors (Lipinski definition) is 4. The first kappa shape index (κ1) is 15.5. The summed E-state index contributed by atoms with van der Waals surface area (Å²) in [6, 6.07) is 1.66. The number of nitrogens with zero attached hydrogens (tertiary/aromatic N) is 1. The van der Waals surface area contributed by atoms with E-state index < -0.39 is 0 Å². The van der Waals surface area contributed by atoms with Gasteiger partial charge in [-0.25, -0.2) is 0 Å². The van der Waals surface area contributed by atoms with Crippen molar-refractivity contribution in [3.8, 4) is 0 Å². The van der Waals surface area contributed by atoms with Crippen molar-refractivity contribution in [3.63, 3.8) is 0 Å². The molecule has 0 aliphatic rings. The van der Waals surface area contributed by atoms with E-state index in [1.807, 2.05) is 20.8 Å². The summed E-state index contributed by atoms with van der Waals surface area (Å²) in [5, 5.41) is 2.78. The van der Waals surface area contributed by atoms with Crippen molar-refractivity contribution in [1.82, 2.24) is 10.2 Å². The van der Waals surface area contributed by atoms with E-state index in [0.29, 0.717) is 23.0 Å². The lowest BCUT2D eigenvalue weighted by atomic mass is 10.2. The lowest BCUT2D eigenvalue weighted by Gasteiger charge is -2.16. The number of nitrogen functional groups attached to an aromatic ring is 1. The van der Waals surface area contributed by atoms with Crippen molar-refractivity contribution in [2.24, 2.45) is 5.92 Å². The van der Waals surface area contributed by atoms with Crippen LogP contribution in [0.4, 0.5) is 5.69 Å². The molecule has 19 heavy (non-hydrogen) atoms. The van der Waals surface area contributed by atoms with Gasteiger partial charge in [0, 0.05) is 24.2 Å². The summed E-state index contributed by atoms with van der Waals surface area (Å²) in [7, 11) is 1.61. The van der Waals surface area contributed by atoms with E-state index in [1.54, 1.807) is 13.1 Å². The van der Waals surface area contributed by atoms with Crippen molar-refractivity contribution in [1.29, 1.82) is 0 Å². The molecular formula is C13H21N3O2S. The highest BCUT2D eigenvalue weighted by molar-refractivity contribution is 7.14. The minimum absolute atomic E-state index is 0.0579. The number of carbonyl (C=O) groups excluding carboxylic acids is 2. The first-order valence-corrected chi connectivity index (χ1v) is 7.01. The molecule has 0 unspecified atom stereocenters. The summed E-state index contributed by atoms with van der Waals surface area (Å²) in [6.07, 6.45) is 0. The van der Waals surface area contributed by atoms with Crippen molar-refractivity contribution >= 4 is 28.8 Å². The molecule has 0 aromatic carbocycles. The second-order valence-corrected chi connectivity index (χ2v) is 6.24. The third kappa shape index (κ3) is 4.55. The monoisotopic (exact) mass is 283 g/mol.